The molecule has 0 spiro atoms. The van der Waals surface area contributed by atoms with Crippen LogP contribution in [0.25, 0.3) is 0 Å². The first-order chi connectivity index (χ1) is 8.01. The van der Waals surface area contributed by atoms with E-state index in [1.807, 2.05) is 13.8 Å². The van der Waals surface area contributed by atoms with Crippen molar-refractivity contribution >= 4 is 11.7 Å². The predicted octanol–water partition coefficient (Wildman–Crippen LogP) is 2.00. The number of aromatic nitrogens is 2. The van der Waals surface area contributed by atoms with Crippen LogP contribution in [-0.4, -0.2) is 22.4 Å². The lowest BCUT2D eigenvalue weighted by Gasteiger charge is -2.10. The van der Waals surface area contributed by atoms with Gasteiger partial charge in [0, 0.05) is 6.54 Å². The first-order valence-electron chi connectivity index (χ1n) is 6.01. The van der Waals surface area contributed by atoms with Gasteiger partial charge in [0.2, 0.25) is 0 Å². The molecule has 0 aromatic carbocycles. The molecule has 1 rings (SSSR count). The monoisotopic (exact) mass is 239 g/mol. The number of nitrogens with two attached hydrogens (primary N) is 1. The molecule has 0 saturated heterocycles. The molecule has 2 N–H and O–H groups in total. The lowest BCUT2D eigenvalue weighted by atomic mass is 10.1. The minimum Gasteiger partial charge on any atom is -0.461 e. The van der Waals surface area contributed by atoms with Crippen molar-refractivity contribution in [3.05, 3.63) is 11.4 Å². The predicted molar refractivity (Wildman–Crippen MR) is 66.8 cm³/mol. The van der Waals surface area contributed by atoms with Gasteiger partial charge < -0.3 is 10.5 Å². The van der Waals surface area contributed by atoms with E-state index in [2.05, 4.69) is 12.0 Å². The van der Waals surface area contributed by atoms with Crippen molar-refractivity contribution in [3.8, 4) is 0 Å². The lowest BCUT2D eigenvalue weighted by Crippen LogP contribution is -2.17. The smallest absolute Gasteiger partial charge is 0.358 e. The van der Waals surface area contributed by atoms with E-state index in [-0.39, 0.29) is 5.97 Å². The largest absolute Gasteiger partial charge is 0.461 e. The van der Waals surface area contributed by atoms with E-state index >= 15 is 0 Å². The SMILES string of the molecule is CCC(C)COC(=O)c1c(N)c(C)nn1CC. The molecule has 5 nitrogen and oxygen atoms in total. The summed E-state index contributed by atoms with van der Waals surface area (Å²) in [6.07, 6.45) is 0.981. The number of rotatable bonds is 5. The molecule has 5 heteroatoms. The van der Waals surface area contributed by atoms with Crippen molar-refractivity contribution < 1.29 is 9.53 Å². The van der Waals surface area contributed by atoms with Gasteiger partial charge in [-0.25, -0.2) is 4.79 Å². The molecule has 1 aromatic heterocycles. The van der Waals surface area contributed by atoms with Crippen LogP contribution >= 0.6 is 0 Å². The highest BCUT2D eigenvalue weighted by Crippen LogP contribution is 2.17. The number of hydrogen-bond acceptors (Lipinski definition) is 4. The van der Waals surface area contributed by atoms with Gasteiger partial charge in [0.1, 0.15) is 0 Å². The summed E-state index contributed by atoms with van der Waals surface area (Å²) in [6, 6.07) is 0. The molecule has 0 aliphatic carbocycles. The zero-order chi connectivity index (χ0) is 13.0. The Hall–Kier alpha value is -1.52. The van der Waals surface area contributed by atoms with Gasteiger partial charge in [0.25, 0.3) is 0 Å². The van der Waals surface area contributed by atoms with Crippen LogP contribution in [0.5, 0.6) is 0 Å². The second-order valence-corrected chi connectivity index (χ2v) is 4.28. The molecule has 0 fully saturated rings. The molecule has 1 heterocycles. The third kappa shape index (κ3) is 2.99. The number of aryl methyl sites for hydroxylation is 2. The number of ether oxygens (including phenoxy) is 1. The highest BCUT2D eigenvalue weighted by molar-refractivity contribution is 5.93. The quantitative estimate of drug-likeness (QED) is 0.798. The van der Waals surface area contributed by atoms with Gasteiger partial charge in [-0.05, 0) is 19.8 Å². The van der Waals surface area contributed by atoms with Crippen molar-refractivity contribution in [3.63, 3.8) is 0 Å². The molecule has 0 amide bonds. The summed E-state index contributed by atoms with van der Waals surface area (Å²) in [5.41, 5.74) is 7.29. The molecule has 0 aliphatic rings. The highest BCUT2D eigenvalue weighted by atomic mass is 16.5. The molecule has 0 radical (unpaired) electrons. The topological polar surface area (TPSA) is 70.1 Å². The Morgan fingerprint density at radius 1 is 1.53 bits per heavy atom. The molecular weight excluding hydrogens is 218 g/mol. The second-order valence-electron chi connectivity index (χ2n) is 4.28. The fourth-order valence-corrected chi connectivity index (χ4v) is 1.44. The van der Waals surface area contributed by atoms with Gasteiger partial charge in [-0.3, -0.25) is 4.68 Å². The average Bonchev–Trinajstić information content (AvgIpc) is 2.61. The van der Waals surface area contributed by atoms with Gasteiger partial charge in [0.15, 0.2) is 5.69 Å². The molecule has 0 bridgehead atoms. The van der Waals surface area contributed by atoms with Crippen LogP contribution in [-0.2, 0) is 11.3 Å². The van der Waals surface area contributed by atoms with Crippen LogP contribution in [0, 0.1) is 12.8 Å². The summed E-state index contributed by atoms with van der Waals surface area (Å²) in [5, 5.41) is 4.19. The minimum absolute atomic E-state index is 0.360. The Bertz CT molecular complexity index is 399. The van der Waals surface area contributed by atoms with Gasteiger partial charge in [-0.15, -0.1) is 0 Å². The highest BCUT2D eigenvalue weighted by Gasteiger charge is 2.20. The fourth-order valence-electron chi connectivity index (χ4n) is 1.44. The van der Waals surface area contributed by atoms with E-state index in [9.17, 15) is 4.79 Å². The molecule has 0 saturated carbocycles. The number of carbonyl (C=O) groups excluding carboxylic acids is 1. The first kappa shape index (κ1) is 13.5. The second kappa shape index (κ2) is 5.70. The van der Waals surface area contributed by atoms with Gasteiger partial charge >= 0.3 is 5.97 Å². The van der Waals surface area contributed by atoms with E-state index < -0.39 is 0 Å². The van der Waals surface area contributed by atoms with E-state index in [0.717, 1.165) is 6.42 Å². The Morgan fingerprint density at radius 3 is 2.71 bits per heavy atom. The third-order valence-electron chi connectivity index (χ3n) is 2.86. The van der Waals surface area contributed by atoms with Crippen molar-refractivity contribution in [1.82, 2.24) is 9.78 Å². The number of nitrogen functional groups attached to an aromatic ring is 1. The number of carbonyl (C=O) groups is 1. The van der Waals surface area contributed by atoms with Crippen LogP contribution in [0.3, 0.4) is 0 Å². The maximum Gasteiger partial charge on any atom is 0.358 e. The van der Waals surface area contributed by atoms with Crippen LogP contribution in [0.1, 0.15) is 43.4 Å². The summed E-state index contributed by atoms with van der Waals surface area (Å²) in [7, 11) is 0. The number of hydrogen-bond donors (Lipinski definition) is 1. The number of nitrogens with zero attached hydrogens (tertiary/aromatic N) is 2. The van der Waals surface area contributed by atoms with Crippen LogP contribution in [0.2, 0.25) is 0 Å². The Labute approximate surface area is 102 Å². The van der Waals surface area contributed by atoms with Gasteiger partial charge in [0.05, 0.1) is 18.0 Å². The Morgan fingerprint density at radius 2 is 2.18 bits per heavy atom. The van der Waals surface area contributed by atoms with E-state index in [1.165, 1.54) is 0 Å². The Balaban J connectivity index is 2.81. The normalized spacial score (nSPS) is 12.5. The van der Waals surface area contributed by atoms with Crippen molar-refractivity contribution in [1.29, 1.82) is 0 Å². The maximum absolute atomic E-state index is 11.9. The lowest BCUT2D eigenvalue weighted by molar-refractivity contribution is 0.0434. The van der Waals surface area contributed by atoms with Crippen molar-refractivity contribution in [2.75, 3.05) is 12.3 Å². The molecule has 96 valence electrons. The standard InChI is InChI=1S/C12H21N3O2/c1-5-8(3)7-17-12(16)11-10(13)9(4)14-15(11)6-2/h8H,5-7,13H2,1-4H3. The first-order valence-corrected chi connectivity index (χ1v) is 6.01. The number of esters is 1. The average molecular weight is 239 g/mol. The molecule has 0 aliphatic heterocycles. The summed E-state index contributed by atoms with van der Waals surface area (Å²) >= 11 is 0. The Kier molecular flexibility index (Phi) is 4.54. The third-order valence-corrected chi connectivity index (χ3v) is 2.86. The zero-order valence-electron chi connectivity index (χ0n) is 11.0. The molecule has 17 heavy (non-hydrogen) atoms. The summed E-state index contributed by atoms with van der Waals surface area (Å²) < 4.78 is 6.82. The van der Waals surface area contributed by atoms with E-state index in [0.29, 0.717) is 36.1 Å². The van der Waals surface area contributed by atoms with E-state index in [1.54, 1.807) is 11.6 Å². The van der Waals surface area contributed by atoms with Crippen LogP contribution < -0.4 is 5.73 Å². The van der Waals surface area contributed by atoms with Crippen molar-refractivity contribution in [2.45, 2.75) is 40.7 Å². The van der Waals surface area contributed by atoms with Crippen LogP contribution in [0.15, 0.2) is 0 Å². The molecule has 1 atom stereocenters. The summed E-state index contributed by atoms with van der Waals surface area (Å²) in [6.45, 7) is 8.82. The number of anilines is 1. The minimum atomic E-state index is -0.384. The van der Waals surface area contributed by atoms with Crippen LogP contribution in [0.4, 0.5) is 5.69 Å². The summed E-state index contributed by atoms with van der Waals surface area (Å²) in [5.74, 6) is -0.0236. The molecular formula is C12H21N3O2. The fraction of sp³-hybridized carbons (Fsp3) is 0.667. The van der Waals surface area contributed by atoms with Crippen molar-refractivity contribution in [2.24, 2.45) is 5.92 Å². The summed E-state index contributed by atoms with van der Waals surface area (Å²) in [4.78, 5) is 11.9. The maximum atomic E-state index is 11.9. The van der Waals surface area contributed by atoms with E-state index in [4.69, 9.17) is 10.5 Å². The van der Waals surface area contributed by atoms with Gasteiger partial charge in [-0.1, -0.05) is 20.3 Å². The zero-order valence-corrected chi connectivity index (χ0v) is 11.0. The molecule has 1 aromatic rings. The van der Waals surface area contributed by atoms with Gasteiger partial charge in [-0.2, -0.15) is 5.10 Å². The molecule has 1 unspecified atom stereocenters.